The Labute approximate surface area is 196 Å². The number of ether oxygens (including phenoxy) is 1. The smallest absolute Gasteiger partial charge is 0.298 e. The lowest BCUT2D eigenvalue weighted by molar-refractivity contribution is -0.131. The lowest BCUT2D eigenvalue weighted by atomic mass is 9.89. The van der Waals surface area contributed by atoms with Gasteiger partial charge in [0.05, 0.1) is 42.1 Å². The molecule has 2 aliphatic heterocycles. The predicted octanol–water partition coefficient (Wildman–Crippen LogP) is 2.91. The minimum Gasteiger partial charge on any atom is -0.463 e. The van der Waals surface area contributed by atoms with Crippen molar-refractivity contribution in [3.05, 3.63) is 58.3 Å². The first kappa shape index (κ1) is 22.0. The Bertz CT molecular complexity index is 1400. The molecule has 0 bridgehead atoms. The van der Waals surface area contributed by atoms with Gasteiger partial charge in [-0.3, -0.25) is 19.3 Å². The number of amides is 1. The molecule has 0 saturated carbocycles. The van der Waals surface area contributed by atoms with E-state index in [1.165, 1.54) is 6.92 Å². The van der Waals surface area contributed by atoms with Crippen LogP contribution in [0.1, 0.15) is 42.1 Å². The minimum absolute atomic E-state index is 0.0402. The molecule has 0 radical (unpaired) electrons. The van der Waals surface area contributed by atoms with E-state index in [9.17, 15) is 10.1 Å². The molecule has 5 rings (SSSR count). The van der Waals surface area contributed by atoms with E-state index in [1.54, 1.807) is 23.2 Å². The third kappa shape index (κ3) is 3.79. The molecule has 1 amide bonds. The number of likely N-dealkylation sites (tertiary alicyclic amines) is 1. The molecule has 0 spiro atoms. The highest BCUT2D eigenvalue weighted by molar-refractivity contribution is 5.78. The Morgan fingerprint density at radius 1 is 1.32 bits per heavy atom. The number of benzene rings is 1. The van der Waals surface area contributed by atoms with E-state index in [1.807, 2.05) is 23.6 Å². The van der Waals surface area contributed by atoms with Crippen LogP contribution in [0.4, 0.5) is 4.39 Å². The van der Waals surface area contributed by atoms with Crippen molar-refractivity contribution in [3.8, 4) is 12.1 Å². The summed E-state index contributed by atoms with van der Waals surface area (Å²) in [6.45, 7) is 5.61. The Kier molecular flexibility index (Phi) is 5.52. The normalized spacial score (nSPS) is 17.4. The fraction of sp³-hybridized carbons (Fsp3) is 0.400. The molecular formula is C25H25FN6O2. The van der Waals surface area contributed by atoms with Crippen LogP contribution in [0, 0.1) is 18.3 Å². The third-order valence-corrected chi connectivity index (χ3v) is 6.82. The molecule has 0 atom stereocenters. The fourth-order valence-electron chi connectivity index (χ4n) is 4.64. The molecule has 1 fully saturated rings. The van der Waals surface area contributed by atoms with E-state index in [0.29, 0.717) is 60.9 Å². The van der Waals surface area contributed by atoms with Crippen molar-refractivity contribution >= 4 is 16.8 Å². The highest BCUT2D eigenvalue weighted by Gasteiger charge is 2.38. The number of rotatable bonds is 3. The van der Waals surface area contributed by atoms with E-state index in [2.05, 4.69) is 16.0 Å². The number of fused-ring (bicyclic) bond motifs is 3. The zero-order valence-corrected chi connectivity index (χ0v) is 19.2. The van der Waals surface area contributed by atoms with E-state index >= 15 is 4.39 Å². The summed E-state index contributed by atoms with van der Waals surface area (Å²) in [4.78, 5) is 27.2. The van der Waals surface area contributed by atoms with Gasteiger partial charge in [0.15, 0.2) is 11.2 Å². The standard InChI is InChI=1S/C25H25FN6O2/c1-16-18(13-27)4-3-5-19(16)14-29-23-20-12-22(25(26)6-8-31(9-7-25)17(2)33)28-15-21(20)32-10-11-34-24(32)30-23/h3-5,12,15H,6-11,14H2,1-2H3. The number of hydrogen-bond acceptors (Lipinski definition) is 6. The summed E-state index contributed by atoms with van der Waals surface area (Å²) in [5.41, 5.74) is 2.39. The summed E-state index contributed by atoms with van der Waals surface area (Å²) >= 11 is 0. The average Bonchev–Trinajstić information content (AvgIpc) is 3.32. The summed E-state index contributed by atoms with van der Waals surface area (Å²) in [5, 5.41) is 10.0. The van der Waals surface area contributed by atoms with Gasteiger partial charge in [-0.1, -0.05) is 12.1 Å². The fourth-order valence-corrected chi connectivity index (χ4v) is 4.64. The maximum atomic E-state index is 15.9. The second-order valence-electron chi connectivity index (χ2n) is 8.79. The van der Waals surface area contributed by atoms with E-state index in [4.69, 9.17) is 9.73 Å². The number of piperidine rings is 1. The van der Waals surface area contributed by atoms with Gasteiger partial charge in [0.25, 0.3) is 6.01 Å². The first-order chi connectivity index (χ1) is 16.4. The maximum absolute atomic E-state index is 15.9. The molecule has 34 heavy (non-hydrogen) atoms. The second kappa shape index (κ2) is 8.52. The summed E-state index contributed by atoms with van der Waals surface area (Å²) in [6.07, 6.45) is 2.07. The number of nitrogens with zero attached hydrogens (tertiary/aromatic N) is 6. The quantitative estimate of drug-likeness (QED) is 0.599. The largest absolute Gasteiger partial charge is 0.463 e. The lowest BCUT2D eigenvalue weighted by Crippen LogP contribution is -2.42. The van der Waals surface area contributed by atoms with Crippen molar-refractivity contribution in [2.24, 2.45) is 4.99 Å². The maximum Gasteiger partial charge on any atom is 0.298 e. The molecule has 0 N–H and O–H groups in total. The van der Waals surface area contributed by atoms with Crippen molar-refractivity contribution in [1.82, 2.24) is 19.4 Å². The first-order valence-corrected chi connectivity index (χ1v) is 11.4. The molecule has 0 aliphatic carbocycles. The topological polar surface area (TPSA) is 96.4 Å². The number of nitriles is 1. The van der Waals surface area contributed by atoms with Crippen LogP contribution >= 0.6 is 0 Å². The predicted molar refractivity (Wildman–Crippen MR) is 122 cm³/mol. The SMILES string of the molecule is CC(=O)N1CCC(F)(c2cc3c(=NCc4cccc(C#N)c4C)nc4n(c3cn2)CCO4)CC1. The van der Waals surface area contributed by atoms with Crippen LogP contribution in [-0.2, 0) is 23.6 Å². The molecule has 9 heteroatoms. The Morgan fingerprint density at radius 2 is 2.12 bits per heavy atom. The van der Waals surface area contributed by atoms with E-state index in [-0.39, 0.29) is 18.7 Å². The van der Waals surface area contributed by atoms with Crippen LogP contribution in [0.2, 0.25) is 0 Å². The number of halogens is 1. The van der Waals surface area contributed by atoms with Crippen LogP contribution in [0.3, 0.4) is 0 Å². The highest BCUT2D eigenvalue weighted by atomic mass is 19.1. The van der Waals surface area contributed by atoms with Crippen molar-refractivity contribution < 1.29 is 13.9 Å². The van der Waals surface area contributed by atoms with Gasteiger partial charge in [-0.25, -0.2) is 4.39 Å². The van der Waals surface area contributed by atoms with Crippen molar-refractivity contribution in [2.75, 3.05) is 19.7 Å². The zero-order valence-electron chi connectivity index (χ0n) is 19.2. The van der Waals surface area contributed by atoms with Crippen molar-refractivity contribution in [2.45, 2.75) is 45.4 Å². The molecule has 1 aromatic carbocycles. The van der Waals surface area contributed by atoms with Crippen LogP contribution < -0.4 is 10.2 Å². The van der Waals surface area contributed by atoms with Gasteiger partial charge in [0.2, 0.25) is 5.91 Å². The molecule has 8 nitrogen and oxygen atoms in total. The number of carbonyl (C=O) groups excluding carboxylic acids is 1. The van der Waals surface area contributed by atoms with Crippen LogP contribution in [0.25, 0.3) is 10.9 Å². The van der Waals surface area contributed by atoms with Gasteiger partial charge in [0.1, 0.15) is 6.61 Å². The van der Waals surface area contributed by atoms with Gasteiger partial charge in [-0.2, -0.15) is 10.2 Å². The van der Waals surface area contributed by atoms with Gasteiger partial charge < -0.3 is 9.64 Å². The molecule has 0 unspecified atom stereocenters. The van der Waals surface area contributed by atoms with Gasteiger partial charge in [0, 0.05) is 38.2 Å². The van der Waals surface area contributed by atoms with Crippen LogP contribution in [0.15, 0.2) is 35.5 Å². The van der Waals surface area contributed by atoms with Crippen LogP contribution in [-0.4, -0.2) is 45.0 Å². The highest BCUT2D eigenvalue weighted by Crippen LogP contribution is 2.37. The van der Waals surface area contributed by atoms with Gasteiger partial charge >= 0.3 is 0 Å². The molecule has 3 aromatic rings. The number of carbonyl (C=O) groups is 1. The van der Waals surface area contributed by atoms with Gasteiger partial charge in [-0.05, 0) is 30.2 Å². The zero-order chi connectivity index (χ0) is 23.9. The van der Waals surface area contributed by atoms with Gasteiger partial charge in [-0.15, -0.1) is 0 Å². The Balaban J connectivity index is 1.58. The Hall–Kier alpha value is -3.80. The lowest BCUT2D eigenvalue weighted by Gasteiger charge is -2.35. The van der Waals surface area contributed by atoms with E-state index in [0.717, 1.165) is 16.6 Å². The summed E-state index contributed by atoms with van der Waals surface area (Å²) in [5.74, 6) is -0.0402. The molecule has 4 heterocycles. The first-order valence-electron chi connectivity index (χ1n) is 11.4. The third-order valence-electron chi connectivity index (χ3n) is 6.82. The average molecular weight is 461 g/mol. The summed E-state index contributed by atoms with van der Waals surface area (Å²) in [7, 11) is 0. The monoisotopic (exact) mass is 460 g/mol. The van der Waals surface area contributed by atoms with Crippen molar-refractivity contribution in [1.29, 1.82) is 5.26 Å². The number of hydrogen-bond donors (Lipinski definition) is 0. The summed E-state index contributed by atoms with van der Waals surface area (Å²) in [6, 6.07) is 9.97. The number of alkyl halides is 1. The minimum atomic E-state index is -1.62. The van der Waals surface area contributed by atoms with Crippen molar-refractivity contribution in [3.63, 3.8) is 0 Å². The number of pyridine rings is 1. The Morgan fingerprint density at radius 3 is 2.85 bits per heavy atom. The van der Waals surface area contributed by atoms with E-state index < -0.39 is 5.67 Å². The second-order valence-corrected chi connectivity index (χ2v) is 8.79. The molecule has 2 aliphatic rings. The molecule has 1 saturated heterocycles. The number of aromatic nitrogens is 3. The molecule has 174 valence electrons. The summed E-state index contributed by atoms with van der Waals surface area (Å²) < 4.78 is 23.5. The van der Waals surface area contributed by atoms with Crippen LogP contribution in [0.5, 0.6) is 6.01 Å². The molecule has 2 aromatic heterocycles. The molecular weight excluding hydrogens is 435 g/mol.